The van der Waals surface area contributed by atoms with Gasteiger partial charge in [-0.2, -0.15) is 0 Å². The molecule has 0 saturated carbocycles. The number of H-pyrrole nitrogens is 1. The molecule has 2 aliphatic rings. The molecule has 3 aromatic rings. The molecule has 2 aliphatic heterocycles. The highest BCUT2D eigenvalue weighted by Gasteiger charge is 2.41. The molecule has 0 aliphatic carbocycles. The van der Waals surface area contributed by atoms with Gasteiger partial charge in [0.05, 0.1) is 29.6 Å². The molecule has 2 aromatic carbocycles. The maximum Gasteiger partial charge on any atom is 0.253 e. The Bertz CT molecular complexity index is 1040. The molecule has 2 saturated heterocycles. The summed E-state index contributed by atoms with van der Waals surface area (Å²) in [6, 6.07) is 16.0. The Hall–Kier alpha value is -2.70. The number of amides is 1. The number of likely N-dealkylation sites (tertiary alicyclic amines) is 1. The summed E-state index contributed by atoms with van der Waals surface area (Å²) in [6.45, 7) is 3.77. The van der Waals surface area contributed by atoms with Crippen molar-refractivity contribution in [3.05, 3.63) is 66.0 Å². The molecule has 1 aromatic heterocycles. The van der Waals surface area contributed by atoms with Gasteiger partial charge in [0.15, 0.2) is 0 Å². The zero-order chi connectivity index (χ0) is 21.8. The molecule has 5 rings (SSSR count). The zero-order valence-electron chi connectivity index (χ0n) is 18.5. The zero-order valence-corrected chi connectivity index (χ0v) is 18.5. The predicted octanol–water partition coefficient (Wildman–Crippen LogP) is 4.57. The Kier molecular flexibility index (Phi) is 6.23. The monoisotopic (exact) mass is 433 g/mol. The van der Waals surface area contributed by atoms with Crippen molar-refractivity contribution in [1.82, 2.24) is 14.9 Å². The minimum atomic E-state index is -0.0769. The van der Waals surface area contributed by atoms with Crippen LogP contribution in [0.3, 0.4) is 0 Å². The Morgan fingerprint density at radius 2 is 2.03 bits per heavy atom. The van der Waals surface area contributed by atoms with Gasteiger partial charge < -0.3 is 19.4 Å². The first-order chi connectivity index (χ1) is 15.7. The van der Waals surface area contributed by atoms with Crippen LogP contribution < -0.4 is 0 Å². The van der Waals surface area contributed by atoms with Crippen LogP contribution in [0.5, 0.6) is 0 Å². The largest absolute Gasteiger partial charge is 0.377 e. The average molecular weight is 434 g/mol. The van der Waals surface area contributed by atoms with Crippen LogP contribution in [0.1, 0.15) is 48.0 Å². The number of ether oxygens (including phenoxy) is 2. The highest BCUT2D eigenvalue weighted by molar-refractivity contribution is 5.97. The number of piperidine rings is 1. The number of hydrogen-bond donors (Lipinski definition) is 1. The number of hydrogen-bond acceptors (Lipinski definition) is 4. The van der Waals surface area contributed by atoms with Crippen molar-refractivity contribution >= 4 is 16.9 Å². The topological polar surface area (TPSA) is 67.5 Å². The van der Waals surface area contributed by atoms with Crippen LogP contribution in [-0.4, -0.2) is 52.7 Å². The van der Waals surface area contributed by atoms with Gasteiger partial charge in [0.25, 0.3) is 5.91 Å². The van der Waals surface area contributed by atoms with Gasteiger partial charge in [0, 0.05) is 31.9 Å². The molecular formula is C26H31N3O3. The van der Waals surface area contributed by atoms with Crippen LogP contribution in [0.15, 0.2) is 54.9 Å². The van der Waals surface area contributed by atoms with E-state index < -0.39 is 0 Å². The van der Waals surface area contributed by atoms with Gasteiger partial charge >= 0.3 is 0 Å². The van der Waals surface area contributed by atoms with Crippen LogP contribution in [0.25, 0.3) is 11.0 Å². The van der Waals surface area contributed by atoms with E-state index in [0.717, 1.165) is 75.0 Å². The fraction of sp³-hybridized carbons (Fsp3) is 0.462. The van der Waals surface area contributed by atoms with Crippen LogP contribution in [0, 0.1) is 5.92 Å². The molecule has 0 radical (unpaired) electrons. The van der Waals surface area contributed by atoms with E-state index in [9.17, 15) is 4.79 Å². The number of fused-ring (bicyclic) bond motifs is 1. The second kappa shape index (κ2) is 9.43. The lowest BCUT2D eigenvalue weighted by atomic mass is 9.78. The minimum Gasteiger partial charge on any atom is -0.377 e. The van der Waals surface area contributed by atoms with Crippen LogP contribution >= 0.6 is 0 Å². The number of carbonyl (C=O) groups excluding carboxylic acids is 1. The first-order valence-corrected chi connectivity index (χ1v) is 11.7. The van der Waals surface area contributed by atoms with E-state index >= 15 is 0 Å². The summed E-state index contributed by atoms with van der Waals surface area (Å²) in [7, 11) is 0. The third-order valence-electron chi connectivity index (χ3n) is 7.01. The van der Waals surface area contributed by atoms with Crippen LogP contribution in [-0.2, 0) is 16.1 Å². The molecule has 1 amide bonds. The molecule has 1 atom stereocenters. The molecular weight excluding hydrogens is 402 g/mol. The lowest BCUT2D eigenvalue weighted by Gasteiger charge is -2.46. The van der Waals surface area contributed by atoms with Gasteiger partial charge in [0.2, 0.25) is 0 Å². The van der Waals surface area contributed by atoms with Crippen molar-refractivity contribution in [3.63, 3.8) is 0 Å². The third kappa shape index (κ3) is 4.71. The van der Waals surface area contributed by atoms with Crippen molar-refractivity contribution in [2.45, 2.75) is 44.3 Å². The number of nitrogens with one attached hydrogen (secondary N) is 1. The first-order valence-electron chi connectivity index (χ1n) is 11.7. The van der Waals surface area contributed by atoms with Crippen molar-refractivity contribution in [3.8, 4) is 0 Å². The van der Waals surface area contributed by atoms with E-state index in [2.05, 4.69) is 22.1 Å². The van der Waals surface area contributed by atoms with E-state index in [1.165, 1.54) is 5.56 Å². The number of benzene rings is 2. The maximum absolute atomic E-state index is 13.0. The van der Waals surface area contributed by atoms with E-state index in [-0.39, 0.29) is 11.5 Å². The highest BCUT2D eigenvalue weighted by atomic mass is 16.5. The highest BCUT2D eigenvalue weighted by Crippen LogP contribution is 2.39. The number of carbonyl (C=O) groups is 1. The van der Waals surface area contributed by atoms with E-state index in [1.807, 2.05) is 41.3 Å². The number of aromatic amines is 1. The van der Waals surface area contributed by atoms with Gasteiger partial charge in [-0.05, 0) is 61.8 Å². The molecule has 6 nitrogen and oxygen atoms in total. The van der Waals surface area contributed by atoms with Gasteiger partial charge in [-0.3, -0.25) is 4.79 Å². The smallest absolute Gasteiger partial charge is 0.253 e. The molecule has 3 heterocycles. The summed E-state index contributed by atoms with van der Waals surface area (Å²) in [5.41, 5.74) is 3.65. The lowest BCUT2D eigenvalue weighted by molar-refractivity contribution is -0.126. The number of rotatable bonds is 6. The molecule has 6 heteroatoms. The van der Waals surface area contributed by atoms with Gasteiger partial charge in [0.1, 0.15) is 0 Å². The van der Waals surface area contributed by atoms with Crippen molar-refractivity contribution in [2.75, 3.05) is 26.3 Å². The Balaban J connectivity index is 1.11. The Morgan fingerprint density at radius 3 is 2.88 bits per heavy atom. The number of nitrogens with zero attached hydrogens (tertiary/aromatic N) is 2. The van der Waals surface area contributed by atoms with Crippen LogP contribution in [0.2, 0.25) is 0 Å². The SMILES string of the molecule is O=C(c1ccc2nc[nH]c2c1)N1CCC2(CC1)CC(CCOCc1ccccc1)CCO2. The second-order valence-corrected chi connectivity index (χ2v) is 9.14. The van der Waals surface area contributed by atoms with Crippen molar-refractivity contribution in [2.24, 2.45) is 5.92 Å². The van der Waals surface area contributed by atoms with Gasteiger partial charge in [-0.1, -0.05) is 30.3 Å². The fourth-order valence-corrected chi connectivity index (χ4v) is 5.11. The molecule has 1 unspecified atom stereocenters. The Morgan fingerprint density at radius 1 is 1.19 bits per heavy atom. The standard InChI is InChI=1S/C26H31N3O3/c30-25(22-6-7-23-24(16-22)28-19-27-23)29-12-10-26(11-13-29)17-20(9-15-32-26)8-14-31-18-21-4-2-1-3-5-21/h1-7,16,19-20H,8-15,17-18H2,(H,27,28). The second-order valence-electron chi connectivity index (χ2n) is 9.14. The van der Waals surface area contributed by atoms with E-state index in [0.29, 0.717) is 12.5 Å². The quantitative estimate of drug-likeness (QED) is 0.578. The summed E-state index contributed by atoms with van der Waals surface area (Å²) >= 11 is 0. The summed E-state index contributed by atoms with van der Waals surface area (Å²) in [4.78, 5) is 22.3. The van der Waals surface area contributed by atoms with Crippen molar-refractivity contribution in [1.29, 1.82) is 0 Å². The Labute approximate surface area is 188 Å². The predicted molar refractivity (Wildman–Crippen MR) is 123 cm³/mol. The summed E-state index contributed by atoms with van der Waals surface area (Å²) < 4.78 is 12.2. The lowest BCUT2D eigenvalue weighted by Crippen LogP contribution is -2.50. The molecule has 2 fully saturated rings. The molecule has 0 bridgehead atoms. The summed E-state index contributed by atoms with van der Waals surface area (Å²) in [5, 5.41) is 0. The summed E-state index contributed by atoms with van der Waals surface area (Å²) in [5.74, 6) is 0.725. The number of imidazole rings is 1. The summed E-state index contributed by atoms with van der Waals surface area (Å²) in [6.07, 6.45) is 6.73. The molecule has 168 valence electrons. The maximum atomic E-state index is 13.0. The minimum absolute atomic E-state index is 0.0769. The number of aromatic nitrogens is 2. The first kappa shape index (κ1) is 21.2. The molecule has 1 spiro atoms. The van der Waals surface area contributed by atoms with Crippen molar-refractivity contribution < 1.29 is 14.3 Å². The fourth-order valence-electron chi connectivity index (χ4n) is 5.11. The molecule has 32 heavy (non-hydrogen) atoms. The third-order valence-corrected chi connectivity index (χ3v) is 7.01. The average Bonchev–Trinajstić information content (AvgIpc) is 3.31. The molecule has 1 N–H and O–H groups in total. The van der Waals surface area contributed by atoms with E-state index in [4.69, 9.17) is 9.47 Å². The van der Waals surface area contributed by atoms with Gasteiger partial charge in [-0.25, -0.2) is 4.98 Å². The normalized spacial score (nSPS) is 20.6. The van der Waals surface area contributed by atoms with Crippen LogP contribution in [0.4, 0.5) is 0 Å². The van der Waals surface area contributed by atoms with E-state index in [1.54, 1.807) is 6.33 Å². The van der Waals surface area contributed by atoms with Gasteiger partial charge in [-0.15, -0.1) is 0 Å².